The first-order valence-electron chi connectivity index (χ1n) is 11.0. The van der Waals surface area contributed by atoms with E-state index in [0.29, 0.717) is 23.1 Å². The number of pyridine rings is 1. The van der Waals surface area contributed by atoms with E-state index in [1.54, 1.807) is 7.11 Å². The van der Waals surface area contributed by atoms with Crippen molar-refractivity contribution >= 4 is 22.9 Å². The topological polar surface area (TPSA) is 80.8 Å². The molecule has 1 aliphatic rings. The molecule has 0 bridgehead atoms. The quantitative estimate of drug-likeness (QED) is 0.531. The molecule has 2 aromatic heterocycles. The molecule has 0 saturated carbocycles. The number of aliphatic imine (C=N–C) groups is 1. The Bertz CT molecular complexity index is 1170. The highest BCUT2D eigenvalue weighted by Gasteiger charge is 2.29. The first-order chi connectivity index (χ1) is 15.5. The second-order valence-corrected chi connectivity index (χ2v) is 7.74. The monoisotopic (exact) mass is 431 g/mol. The number of fused-ring (bicyclic) bond motifs is 1. The Hall–Kier alpha value is -3.55. The number of ether oxygens (including phenoxy) is 1. The summed E-state index contributed by atoms with van der Waals surface area (Å²) >= 11 is 0. The molecular weight excluding hydrogens is 402 g/mol. The molecule has 3 heterocycles. The fraction of sp³-hybridized carbons (Fsp3) is 0.375. The minimum absolute atomic E-state index is 0.616. The van der Waals surface area contributed by atoms with Crippen LogP contribution in [0.5, 0.6) is 5.75 Å². The van der Waals surface area contributed by atoms with Crippen molar-refractivity contribution in [2.24, 2.45) is 10.1 Å². The Kier molecular flexibility index (Phi) is 6.30. The highest BCUT2D eigenvalue weighted by Crippen LogP contribution is 2.27. The van der Waals surface area contributed by atoms with E-state index >= 15 is 0 Å². The summed E-state index contributed by atoms with van der Waals surface area (Å²) in [5, 5.41) is 9.06. The molecule has 4 rings (SSSR count). The van der Waals surface area contributed by atoms with Crippen molar-refractivity contribution < 1.29 is 4.74 Å². The fourth-order valence-corrected chi connectivity index (χ4v) is 3.83. The summed E-state index contributed by atoms with van der Waals surface area (Å²) in [6, 6.07) is 11.8. The lowest BCUT2D eigenvalue weighted by Gasteiger charge is -2.23. The number of anilines is 1. The van der Waals surface area contributed by atoms with Crippen molar-refractivity contribution in [3.63, 3.8) is 0 Å². The largest absolute Gasteiger partial charge is 0.496 e. The average molecular weight is 432 g/mol. The van der Waals surface area contributed by atoms with Crippen LogP contribution < -0.4 is 9.64 Å². The maximum absolute atomic E-state index is 5.56. The first-order valence-corrected chi connectivity index (χ1v) is 11.0. The fourth-order valence-electron chi connectivity index (χ4n) is 3.83. The number of rotatable bonds is 8. The molecule has 3 aromatic rings. The van der Waals surface area contributed by atoms with Gasteiger partial charge in [0.1, 0.15) is 23.0 Å². The number of nitrogens with zero attached hydrogens (tertiary/aromatic N) is 7. The molecule has 0 spiro atoms. The standard InChI is InChI=1S/C24H29N7O/c1-6-14-30(15-7-2)21-13-12-19(16(3)25-21)27-23-22(18-10-8-9-11-20(18)32-5)29-31-24(23)26-17(4)28-31/h8-13H,6-7,14-15H2,1-5H3. The van der Waals surface area contributed by atoms with Gasteiger partial charge in [0.2, 0.25) is 5.82 Å². The molecule has 0 unspecified atom stereocenters. The van der Waals surface area contributed by atoms with Gasteiger partial charge in [0.25, 0.3) is 0 Å². The number of para-hydroxylation sites is 1. The van der Waals surface area contributed by atoms with Gasteiger partial charge >= 0.3 is 0 Å². The highest BCUT2D eigenvalue weighted by atomic mass is 16.5. The number of hydrogen-bond donors (Lipinski definition) is 0. The number of aryl methyl sites for hydroxylation is 2. The number of aromatic nitrogens is 4. The summed E-state index contributed by atoms with van der Waals surface area (Å²) in [4.78, 5) is 18.2. The second kappa shape index (κ2) is 9.30. The van der Waals surface area contributed by atoms with E-state index < -0.39 is 0 Å². The van der Waals surface area contributed by atoms with Gasteiger partial charge in [-0.25, -0.2) is 15.0 Å². The molecule has 8 nitrogen and oxygen atoms in total. The molecule has 1 aliphatic heterocycles. The van der Waals surface area contributed by atoms with Crippen molar-refractivity contribution in [2.75, 3.05) is 25.1 Å². The zero-order valence-corrected chi connectivity index (χ0v) is 19.3. The van der Waals surface area contributed by atoms with E-state index in [9.17, 15) is 0 Å². The van der Waals surface area contributed by atoms with Crippen LogP contribution in [0.1, 0.15) is 49.6 Å². The van der Waals surface area contributed by atoms with Crippen LogP contribution in [0.25, 0.3) is 0 Å². The van der Waals surface area contributed by atoms with E-state index in [1.807, 2.05) is 50.2 Å². The molecule has 0 radical (unpaired) electrons. The Morgan fingerprint density at radius 3 is 2.44 bits per heavy atom. The molecule has 1 aromatic carbocycles. The van der Waals surface area contributed by atoms with E-state index in [4.69, 9.17) is 14.7 Å². The van der Waals surface area contributed by atoms with Gasteiger partial charge in [0.05, 0.1) is 18.5 Å². The van der Waals surface area contributed by atoms with Crippen LogP contribution in [0.15, 0.2) is 46.5 Å². The minimum atomic E-state index is 0.616. The van der Waals surface area contributed by atoms with E-state index in [2.05, 4.69) is 33.9 Å². The molecule has 0 aliphatic carbocycles. The van der Waals surface area contributed by atoms with Crippen molar-refractivity contribution in [1.82, 2.24) is 19.9 Å². The van der Waals surface area contributed by atoms with Gasteiger partial charge in [-0.1, -0.05) is 26.0 Å². The smallest absolute Gasteiger partial charge is 0.204 e. The Labute approximate surface area is 188 Å². The van der Waals surface area contributed by atoms with Crippen LogP contribution in [0.4, 0.5) is 11.5 Å². The number of methoxy groups -OCH3 is 1. The molecule has 0 saturated heterocycles. The lowest BCUT2D eigenvalue weighted by molar-refractivity contribution is 0.414. The molecule has 32 heavy (non-hydrogen) atoms. The van der Waals surface area contributed by atoms with Gasteiger partial charge < -0.3 is 9.64 Å². The van der Waals surface area contributed by atoms with Gasteiger partial charge in [-0.2, -0.15) is 0 Å². The average Bonchev–Trinajstić information content (AvgIpc) is 3.31. The van der Waals surface area contributed by atoms with Crippen molar-refractivity contribution in [3.05, 3.63) is 59.3 Å². The number of hydrogen-bond acceptors (Lipinski definition) is 7. The third kappa shape index (κ3) is 4.12. The van der Waals surface area contributed by atoms with E-state index in [0.717, 1.165) is 54.4 Å². The van der Waals surface area contributed by atoms with E-state index in [-0.39, 0.29) is 0 Å². The van der Waals surface area contributed by atoms with Gasteiger partial charge in [0, 0.05) is 18.7 Å². The van der Waals surface area contributed by atoms with Gasteiger partial charge in [0.15, 0.2) is 5.82 Å². The van der Waals surface area contributed by atoms with Gasteiger partial charge in [-0.3, -0.25) is 0 Å². The van der Waals surface area contributed by atoms with Gasteiger partial charge in [-0.05, 0) is 51.0 Å². The lowest BCUT2D eigenvalue weighted by Crippen LogP contribution is -2.25. The summed E-state index contributed by atoms with van der Waals surface area (Å²) in [5.74, 6) is 2.97. The highest BCUT2D eigenvalue weighted by molar-refractivity contribution is 6.54. The van der Waals surface area contributed by atoms with Crippen molar-refractivity contribution in [3.8, 4) is 5.75 Å². The normalized spacial score (nSPS) is 13.9. The molecule has 0 N–H and O–H groups in total. The Balaban J connectivity index is 1.78. The summed E-state index contributed by atoms with van der Waals surface area (Å²) in [5.41, 5.74) is 3.83. The van der Waals surface area contributed by atoms with Crippen molar-refractivity contribution in [1.29, 1.82) is 0 Å². The lowest BCUT2D eigenvalue weighted by atomic mass is 10.0. The molecule has 8 heteroatoms. The van der Waals surface area contributed by atoms with Crippen LogP contribution in [0.2, 0.25) is 0 Å². The predicted octanol–water partition coefficient (Wildman–Crippen LogP) is 4.31. The third-order valence-corrected chi connectivity index (χ3v) is 5.28. The summed E-state index contributed by atoms with van der Waals surface area (Å²) < 4.78 is 5.56. The zero-order valence-electron chi connectivity index (χ0n) is 19.3. The molecule has 0 amide bonds. The van der Waals surface area contributed by atoms with Crippen LogP contribution in [0, 0.1) is 13.8 Å². The maximum atomic E-state index is 5.56. The van der Waals surface area contributed by atoms with Gasteiger partial charge in [-0.15, -0.1) is 15.0 Å². The van der Waals surface area contributed by atoms with Crippen LogP contribution in [-0.2, 0) is 0 Å². The molecule has 0 fully saturated rings. The summed E-state index contributed by atoms with van der Waals surface area (Å²) in [7, 11) is 1.65. The van der Waals surface area contributed by atoms with Crippen LogP contribution in [0.3, 0.4) is 0 Å². The summed E-state index contributed by atoms with van der Waals surface area (Å²) in [6.07, 6.45) is 2.16. The minimum Gasteiger partial charge on any atom is -0.496 e. The van der Waals surface area contributed by atoms with E-state index in [1.165, 1.54) is 4.79 Å². The predicted molar refractivity (Wildman–Crippen MR) is 128 cm³/mol. The molecular formula is C24H29N7O. The Morgan fingerprint density at radius 2 is 1.75 bits per heavy atom. The second-order valence-electron chi connectivity index (χ2n) is 7.74. The SMILES string of the molecule is CCCN(CCC)c1ccc(N=C2C(c3ccccc3OC)=Nn3nc(C)nc32)c(C)n1. The third-order valence-electron chi connectivity index (χ3n) is 5.28. The first kappa shape index (κ1) is 21.7. The van der Waals surface area contributed by atoms with Crippen molar-refractivity contribution in [2.45, 2.75) is 40.5 Å². The van der Waals surface area contributed by atoms with Crippen LogP contribution in [-0.4, -0.2) is 51.5 Å². The molecule has 0 atom stereocenters. The Morgan fingerprint density at radius 1 is 1.00 bits per heavy atom. The maximum Gasteiger partial charge on any atom is 0.204 e. The van der Waals surface area contributed by atoms with Crippen LogP contribution >= 0.6 is 0 Å². The molecule has 166 valence electrons. The zero-order chi connectivity index (χ0) is 22.7. The summed E-state index contributed by atoms with van der Waals surface area (Å²) in [6.45, 7) is 10.2. The number of benzene rings is 1.